The fourth-order valence-electron chi connectivity index (χ4n) is 0.721. The van der Waals surface area contributed by atoms with E-state index in [1.54, 1.807) is 7.11 Å². The van der Waals surface area contributed by atoms with Crippen LogP contribution in [0.4, 0.5) is 6.01 Å². The summed E-state index contributed by atoms with van der Waals surface area (Å²) in [5, 5.41) is 11.5. The normalized spacial score (nSPS) is 10.2. The maximum Gasteiger partial charge on any atom is 0.294 e. The van der Waals surface area contributed by atoms with Crippen LogP contribution in [0, 0.1) is 0 Å². The molecule has 0 unspecified atom stereocenters. The summed E-state index contributed by atoms with van der Waals surface area (Å²) >= 11 is 0. The number of aromatic nitrogens is 1. The van der Waals surface area contributed by atoms with Crippen molar-refractivity contribution >= 4 is 6.01 Å². The second-order valence-electron chi connectivity index (χ2n) is 2.22. The van der Waals surface area contributed by atoms with Gasteiger partial charge >= 0.3 is 0 Å². The SMILES string of the molecule is COCCNc1nc(CO)co1. The van der Waals surface area contributed by atoms with Crippen molar-refractivity contribution in [2.45, 2.75) is 6.61 Å². The Morgan fingerprint density at radius 3 is 3.17 bits per heavy atom. The molecule has 0 aliphatic rings. The minimum atomic E-state index is -0.102. The van der Waals surface area contributed by atoms with Gasteiger partial charge in [0.25, 0.3) is 6.01 Å². The summed E-state index contributed by atoms with van der Waals surface area (Å²) in [6.07, 6.45) is 1.41. The average Bonchev–Trinajstić information content (AvgIpc) is 2.53. The average molecular weight is 172 g/mol. The van der Waals surface area contributed by atoms with Gasteiger partial charge in [-0.05, 0) is 0 Å². The van der Waals surface area contributed by atoms with E-state index < -0.39 is 0 Å². The molecule has 0 spiro atoms. The van der Waals surface area contributed by atoms with Crippen LogP contribution in [0.1, 0.15) is 5.69 Å². The largest absolute Gasteiger partial charge is 0.432 e. The molecule has 0 fully saturated rings. The molecule has 1 heterocycles. The third-order valence-corrected chi connectivity index (χ3v) is 1.30. The fourth-order valence-corrected chi connectivity index (χ4v) is 0.721. The van der Waals surface area contributed by atoms with E-state index in [1.807, 2.05) is 0 Å². The summed E-state index contributed by atoms with van der Waals surface area (Å²) in [6.45, 7) is 1.13. The molecule has 1 aromatic heterocycles. The lowest BCUT2D eigenvalue weighted by molar-refractivity contribution is 0.210. The van der Waals surface area contributed by atoms with Gasteiger partial charge in [-0.3, -0.25) is 0 Å². The molecule has 0 saturated carbocycles. The lowest BCUT2D eigenvalue weighted by atomic mass is 10.5. The van der Waals surface area contributed by atoms with Gasteiger partial charge in [0.15, 0.2) is 0 Å². The minimum absolute atomic E-state index is 0.102. The molecule has 0 saturated heterocycles. The summed E-state index contributed by atoms with van der Waals surface area (Å²) in [5.74, 6) is 0. The number of anilines is 1. The number of rotatable bonds is 5. The lowest BCUT2D eigenvalue weighted by Crippen LogP contribution is -2.07. The van der Waals surface area contributed by atoms with Crippen molar-refractivity contribution < 1.29 is 14.3 Å². The molecule has 2 N–H and O–H groups in total. The van der Waals surface area contributed by atoms with Crippen molar-refractivity contribution in [3.05, 3.63) is 12.0 Å². The van der Waals surface area contributed by atoms with Crippen molar-refractivity contribution in [2.24, 2.45) is 0 Å². The van der Waals surface area contributed by atoms with E-state index in [-0.39, 0.29) is 6.61 Å². The first kappa shape index (κ1) is 9.02. The third kappa shape index (κ3) is 2.52. The molecule has 1 aromatic rings. The van der Waals surface area contributed by atoms with Gasteiger partial charge < -0.3 is 19.6 Å². The molecular weight excluding hydrogens is 160 g/mol. The van der Waals surface area contributed by atoms with Crippen LogP contribution in [0.25, 0.3) is 0 Å². The highest BCUT2D eigenvalue weighted by molar-refractivity contribution is 5.20. The monoisotopic (exact) mass is 172 g/mol. The van der Waals surface area contributed by atoms with E-state index in [1.165, 1.54) is 6.26 Å². The summed E-state index contributed by atoms with van der Waals surface area (Å²) in [5.41, 5.74) is 0.523. The zero-order valence-corrected chi connectivity index (χ0v) is 6.91. The Bertz CT molecular complexity index is 224. The highest BCUT2D eigenvalue weighted by atomic mass is 16.5. The van der Waals surface area contributed by atoms with Crippen molar-refractivity contribution in [1.82, 2.24) is 4.98 Å². The molecular formula is C7H12N2O3. The topological polar surface area (TPSA) is 67.5 Å². The first-order valence-corrected chi connectivity index (χ1v) is 3.65. The highest BCUT2D eigenvalue weighted by Crippen LogP contribution is 2.05. The standard InChI is InChI=1S/C7H12N2O3/c1-11-3-2-8-7-9-6(4-10)5-12-7/h5,10H,2-4H2,1H3,(H,8,9). The zero-order chi connectivity index (χ0) is 8.81. The molecule has 5 nitrogen and oxygen atoms in total. The van der Waals surface area contributed by atoms with Gasteiger partial charge in [0.1, 0.15) is 12.0 Å². The summed E-state index contributed by atoms with van der Waals surface area (Å²) in [6, 6.07) is 0.413. The molecule has 0 amide bonds. The van der Waals surface area contributed by atoms with Crippen LogP contribution in [0.3, 0.4) is 0 Å². The van der Waals surface area contributed by atoms with Gasteiger partial charge in [-0.15, -0.1) is 0 Å². The van der Waals surface area contributed by atoms with Crippen LogP contribution in [-0.2, 0) is 11.3 Å². The second kappa shape index (κ2) is 4.74. The number of oxazole rings is 1. The molecule has 0 atom stereocenters. The van der Waals surface area contributed by atoms with Crippen LogP contribution in [-0.4, -0.2) is 30.4 Å². The fraction of sp³-hybridized carbons (Fsp3) is 0.571. The number of ether oxygens (including phenoxy) is 1. The van der Waals surface area contributed by atoms with E-state index in [0.717, 1.165) is 0 Å². The van der Waals surface area contributed by atoms with Gasteiger partial charge in [-0.25, -0.2) is 0 Å². The van der Waals surface area contributed by atoms with Crippen LogP contribution in [0.2, 0.25) is 0 Å². The Hall–Kier alpha value is -1.07. The first-order chi connectivity index (χ1) is 5.86. The number of nitrogens with one attached hydrogen (secondary N) is 1. The zero-order valence-electron chi connectivity index (χ0n) is 6.91. The summed E-state index contributed by atoms with van der Waals surface area (Å²) in [7, 11) is 1.62. The predicted molar refractivity (Wildman–Crippen MR) is 42.8 cm³/mol. The summed E-state index contributed by atoms with van der Waals surface area (Å²) in [4.78, 5) is 3.92. The lowest BCUT2D eigenvalue weighted by Gasteiger charge is -1.98. The Morgan fingerprint density at radius 1 is 1.75 bits per heavy atom. The molecule has 1 rings (SSSR count). The van der Waals surface area contributed by atoms with Crippen LogP contribution in [0.5, 0.6) is 0 Å². The van der Waals surface area contributed by atoms with E-state index in [0.29, 0.717) is 24.9 Å². The Labute approximate surface area is 70.4 Å². The molecule has 0 bridgehead atoms. The molecule has 0 radical (unpaired) electrons. The molecule has 5 heteroatoms. The van der Waals surface area contributed by atoms with E-state index >= 15 is 0 Å². The quantitative estimate of drug-likeness (QED) is 0.622. The van der Waals surface area contributed by atoms with Crippen molar-refractivity contribution in [1.29, 1.82) is 0 Å². The number of hydrogen-bond donors (Lipinski definition) is 2. The Kier molecular flexibility index (Phi) is 3.56. The van der Waals surface area contributed by atoms with Gasteiger partial charge in [0.2, 0.25) is 0 Å². The van der Waals surface area contributed by atoms with Gasteiger partial charge in [0.05, 0.1) is 13.2 Å². The number of hydrogen-bond acceptors (Lipinski definition) is 5. The van der Waals surface area contributed by atoms with Gasteiger partial charge in [-0.1, -0.05) is 0 Å². The van der Waals surface area contributed by atoms with Crippen LogP contribution in [0.15, 0.2) is 10.7 Å². The second-order valence-corrected chi connectivity index (χ2v) is 2.22. The predicted octanol–water partition coefficient (Wildman–Crippen LogP) is 0.225. The first-order valence-electron chi connectivity index (χ1n) is 3.65. The van der Waals surface area contributed by atoms with Crippen molar-refractivity contribution in [2.75, 3.05) is 25.6 Å². The summed E-state index contributed by atoms with van der Waals surface area (Å²) < 4.78 is 9.78. The number of aliphatic hydroxyl groups is 1. The van der Waals surface area contributed by atoms with Crippen LogP contribution < -0.4 is 5.32 Å². The van der Waals surface area contributed by atoms with E-state index in [2.05, 4.69) is 10.3 Å². The van der Waals surface area contributed by atoms with E-state index in [9.17, 15) is 0 Å². The van der Waals surface area contributed by atoms with Crippen molar-refractivity contribution in [3.63, 3.8) is 0 Å². The number of methoxy groups -OCH3 is 1. The number of nitrogens with zero attached hydrogens (tertiary/aromatic N) is 1. The van der Waals surface area contributed by atoms with Gasteiger partial charge in [0, 0.05) is 13.7 Å². The third-order valence-electron chi connectivity index (χ3n) is 1.30. The maximum absolute atomic E-state index is 8.65. The molecule has 0 aromatic carbocycles. The number of aliphatic hydroxyl groups excluding tert-OH is 1. The van der Waals surface area contributed by atoms with Crippen LogP contribution >= 0.6 is 0 Å². The van der Waals surface area contributed by atoms with E-state index in [4.69, 9.17) is 14.3 Å². The Balaban J connectivity index is 2.31. The Morgan fingerprint density at radius 2 is 2.58 bits per heavy atom. The minimum Gasteiger partial charge on any atom is -0.432 e. The maximum atomic E-state index is 8.65. The molecule has 12 heavy (non-hydrogen) atoms. The molecule has 0 aliphatic heterocycles. The smallest absolute Gasteiger partial charge is 0.294 e. The molecule has 0 aliphatic carbocycles. The van der Waals surface area contributed by atoms with Gasteiger partial charge in [-0.2, -0.15) is 4.98 Å². The van der Waals surface area contributed by atoms with Crippen molar-refractivity contribution in [3.8, 4) is 0 Å². The highest BCUT2D eigenvalue weighted by Gasteiger charge is 2.00. The molecule has 68 valence electrons.